The van der Waals surface area contributed by atoms with Crippen LogP contribution in [0.15, 0.2) is 89.8 Å². The van der Waals surface area contributed by atoms with Crippen molar-refractivity contribution in [2.75, 3.05) is 5.06 Å². The van der Waals surface area contributed by atoms with E-state index in [9.17, 15) is 4.21 Å². The molecule has 3 aromatic rings. The minimum atomic E-state index is -1.13. The minimum Gasteiger partial charge on any atom is -0.260 e. The Hall–Kier alpha value is -2.43. The maximum atomic E-state index is 13.4. The van der Waals surface area contributed by atoms with Gasteiger partial charge in [0.1, 0.15) is 10.9 Å². The highest BCUT2D eigenvalue weighted by Gasteiger charge is 2.61. The van der Waals surface area contributed by atoms with Gasteiger partial charge in [-0.2, -0.15) is 0 Å². The van der Waals surface area contributed by atoms with Gasteiger partial charge < -0.3 is 0 Å². The first-order chi connectivity index (χ1) is 12.7. The summed E-state index contributed by atoms with van der Waals surface area (Å²) in [5, 5.41) is 1.79. The molecular weight excluding hydrogens is 342 g/mol. The number of anilines is 1. The van der Waals surface area contributed by atoms with Gasteiger partial charge in [-0.15, -0.1) is 0 Å². The first-order valence-corrected chi connectivity index (χ1v) is 10.00. The highest BCUT2D eigenvalue weighted by molar-refractivity contribution is 7.86. The fraction of sp³-hybridized carbons (Fsp3) is 0.182. The predicted octanol–water partition coefficient (Wildman–Crippen LogP) is 4.58. The van der Waals surface area contributed by atoms with Crippen molar-refractivity contribution >= 4 is 16.5 Å². The van der Waals surface area contributed by atoms with Crippen LogP contribution in [0.3, 0.4) is 0 Å². The fourth-order valence-electron chi connectivity index (χ4n) is 4.20. The Kier molecular flexibility index (Phi) is 3.52. The summed E-state index contributed by atoms with van der Waals surface area (Å²) in [6.07, 6.45) is 0. The average Bonchev–Trinajstić information content (AvgIpc) is 3.13. The molecule has 2 aliphatic rings. The van der Waals surface area contributed by atoms with E-state index in [1.54, 1.807) is 0 Å². The van der Waals surface area contributed by atoms with Crippen molar-refractivity contribution in [2.24, 2.45) is 0 Å². The van der Waals surface area contributed by atoms with Crippen LogP contribution in [-0.2, 0) is 21.2 Å². The molecule has 4 heteroatoms. The van der Waals surface area contributed by atoms with Gasteiger partial charge in [-0.25, -0.2) is 5.06 Å². The largest absolute Gasteiger partial charge is 0.260 e. The maximum absolute atomic E-state index is 13.4. The van der Waals surface area contributed by atoms with E-state index < -0.39 is 16.4 Å². The van der Waals surface area contributed by atoms with Crippen LogP contribution in [0.5, 0.6) is 0 Å². The summed E-state index contributed by atoms with van der Waals surface area (Å²) in [5.41, 5.74) is 2.51. The number of para-hydroxylation sites is 1. The van der Waals surface area contributed by atoms with Gasteiger partial charge in [-0.05, 0) is 30.7 Å². The van der Waals surface area contributed by atoms with Gasteiger partial charge in [-0.1, -0.05) is 66.7 Å². The van der Waals surface area contributed by atoms with E-state index in [2.05, 4.69) is 19.1 Å². The Morgan fingerprint density at radius 3 is 2.23 bits per heavy atom. The second kappa shape index (κ2) is 5.79. The number of hydrogen-bond donors (Lipinski definition) is 0. The zero-order valence-corrected chi connectivity index (χ0v) is 15.2. The summed E-state index contributed by atoms with van der Waals surface area (Å²) in [7, 11) is -1.13. The molecule has 0 radical (unpaired) electrons. The van der Waals surface area contributed by atoms with Gasteiger partial charge in [0.15, 0.2) is 0 Å². The number of hydrogen-bond acceptors (Lipinski definition) is 3. The molecule has 0 saturated carbocycles. The lowest BCUT2D eigenvalue weighted by molar-refractivity contribution is 0.0000385. The summed E-state index contributed by atoms with van der Waals surface area (Å²) >= 11 is 0. The molecule has 3 nitrogen and oxygen atoms in total. The van der Waals surface area contributed by atoms with Crippen LogP contribution in [0.4, 0.5) is 5.69 Å². The minimum absolute atomic E-state index is 0.114. The van der Waals surface area contributed by atoms with Gasteiger partial charge in [0.05, 0.1) is 22.5 Å². The highest BCUT2D eigenvalue weighted by Crippen LogP contribution is 2.56. The second-order valence-electron chi connectivity index (χ2n) is 6.93. The molecule has 1 fully saturated rings. The average molecular weight is 361 g/mol. The van der Waals surface area contributed by atoms with Crippen molar-refractivity contribution in [1.82, 2.24) is 0 Å². The number of nitrogens with zero attached hydrogens (tertiary/aromatic N) is 1. The highest BCUT2D eigenvalue weighted by atomic mass is 32.2. The van der Waals surface area contributed by atoms with E-state index in [0.29, 0.717) is 0 Å². The molecule has 5 rings (SSSR count). The maximum Gasteiger partial charge on any atom is 0.137 e. The van der Waals surface area contributed by atoms with Gasteiger partial charge in [0.25, 0.3) is 0 Å². The molecule has 0 aromatic heterocycles. The van der Waals surface area contributed by atoms with Crippen LogP contribution in [0.2, 0.25) is 0 Å². The van der Waals surface area contributed by atoms with Crippen molar-refractivity contribution < 1.29 is 9.05 Å². The van der Waals surface area contributed by atoms with Crippen molar-refractivity contribution in [1.29, 1.82) is 0 Å². The Balaban J connectivity index is 1.71. The molecule has 0 aliphatic carbocycles. The van der Waals surface area contributed by atoms with E-state index in [4.69, 9.17) is 4.84 Å². The molecule has 4 unspecified atom stereocenters. The van der Waals surface area contributed by atoms with Crippen LogP contribution < -0.4 is 5.06 Å². The summed E-state index contributed by atoms with van der Waals surface area (Å²) in [6.45, 7) is 2.07. The summed E-state index contributed by atoms with van der Waals surface area (Å²) in [4.78, 5) is 7.46. The van der Waals surface area contributed by atoms with Crippen LogP contribution in [0, 0.1) is 0 Å². The van der Waals surface area contributed by atoms with E-state index in [1.165, 1.54) is 0 Å². The van der Waals surface area contributed by atoms with Crippen molar-refractivity contribution in [3.05, 3.63) is 96.1 Å². The van der Waals surface area contributed by atoms with Gasteiger partial charge >= 0.3 is 0 Å². The monoisotopic (exact) mass is 361 g/mol. The third-order valence-electron chi connectivity index (χ3n) is 5.39. The first kappa shape index (κ1) is 15.8. The molecule has 2 heterocycles. The number of hydroxylamine groups is 1. The number of fused-ring (bicyclic) bond motifs is 3. The van der Waals surface area contributed by atoms with Crippen molar-refractivity contribution in [3.63, 3.8) is 0 Å². The third kappa shape index (κ3) is 2.12. The Morgan fingerprint density at radius 1 is 0.885 bits per heavy atom. The molecule has 0 bridgehead atoms. The quantitative estimate of drug-likeness (QED) is 0.669. The zero-order valence-electron chi connectivity index (χ0n) is 14.4. The van der Waals surface area contributed by atoms with Crippen molar-refractivity contribution in [3.8, 4) is 0 Å². The molecule has 0 spiro atoms. The molecule has 26 heavy (non-hydrogen) atoms. The first-order valence-electron chi connectivity index (χ1n) is 8.78. The molecule has 4 atom stereocenters. The molecule has 0 amide bonds. The van der Waals surface area contributed by atoms with Crippen LogP contribution in [0.25, 0.3) is 0 Å². The van der Waals surface area contributed by atoms with E-state index >= 15 is 0 Å². The zero-order chi connectivity index (χ0) is 17.7. The summed E-state index contributed by atoms with van der Waals surface area (Å²) in [6, 6.07) is 28.2. The van der Waals surface area contributed by atoms with Crippen LogP contribution >= 0.6 is 0 Å². The van der Waals surface area contributed by atoms with Gasteiger partial charge in [-0.3, -0.25) is 9.05 Å². The lowest BCUT2D eigenvalue weighted by Crippen LogP contribution is -2.32. The van der Waals surface area contributed by atoms with E-state index in [-0.39, 0.29) is 11.3 Å². The molecular formula is C22H19NO2S. The van der Waals surface area contributed by atoms with Gasteiger partial charge in [0, 0.05) is 10.5 Å². The fourth-order valence-corrected chi connectivity index (χ4v) is 6.25. The topological polar surface area (TPSA) is 29.5 Å². The molecule has 130 valence electrons. The van der Waals surface area contributed by atoms with E-state index in [0.717, 1.165) is 21.7 Å². The van der Waals surface area contributed by atoms with Crippen LogP contribution in [-0.4, -0.2) is 9.46 Å². The Morgan fingerprint density at radius 2 is 1.50 bits per heavy atom. The lowest BCUT2D eigenvalue weighted by Gasteiger charge is -2.27. The molecule has 1 saturated heterocycles. The lowest BCUT2D eigenvalue weighted by atomic mass is 9.88. The number of rotatable bonds is 2. The van der Waals surface area contributed by atoms with E-state index in [1.807, 2.05) is 77.9 Å². The van der Waals surface area contributed by atoms with Gasteiger partial charge in [0.2, 0.25) is 0 Å². The molecule has 2 aliphatic heterocycles. The standard InChI is InChI=1S/C22H19NO2S/c1-22-18-14-8-9-15-19(18)26(24)21(22)20(16-10-4-2-5-11-16)23(25-22)17-12-6-3-7-13-17/h2-15,20-21H,1H3. The van der Waals surface area contributed by atoms with Crippen LogP contribution in [0.1, 0.15) is 24.1 Å². The smallest absolute Gasteiger partial charge is 0.137 e. The second-order valence-corrected chi connectivity index (χ2v) is 8.47. The SMILES string of the molecule is CC12ON(c3ccccc3)C(c3ccccc3)C1S(=O)c1ccccc12. The Labute approximate surface area is 155 Å². The normalized spacial score (nSPS) is 29.4. The van der Waals surface area contributed by atoms with Crippen molar-refractivity contribution in [2.45, 2.75) is 28.7 Å². The molecule has 0 N–H and O–H groups in total. The number of benzene rings is 3. The summed E-state index contributed by atoms with van der Waals surface area (Å²) in [5.74, 6) is 0. The molecule has 3 aromatic carbocycles. The predicted molar refractivity (Wildman–Crippen MR) is 103 cm³/mol. The summed E-state index contributed by atoms with van der Waals surface area (Å²) < 4.78 is 13.4. The Bertz CT molecular complexity index is 976. The third-order valence-corrected chi connectivity index (χ3v) is 7.35.